The Kier molecular flexibility index (Phi) is 7.88. The third-order valence-corrected chi connectivity index (χ3v) is 3.42. The lowest BCUT2D eigenvalue weighted by atomic mass is 10.1. The van der Waals surface area contributed by atoms with E-state index >= 15 is 0 Å². The number of amides is 1. The quantitative estimate of drug-likeness (QED) is 0.707. The number of halogens is 1. The van der Waals surface area contributed by atoms with Crippen LogP contribution in [0.4, 0.5) is 4.39 Å². The standard InChI is InChI=1S/C16H25FN2O/c1-19(16(20)6-4-2-3-5-12-18)13-11-14-7-9-15(17)10-8-14/h7-10H,2-6,11-13,18H2,1H3. The van der Waals surface area contributed by atoms with E-state index in [1.165, 1.54) is 12.1 Å². The predicted octanol–water partition coefficient (Wildman–Crippen LogP) is 2.74. The molecule has 0 aliphatic carbocycles. The molecule has 1 aromatic rings. The van der Waals surface area contributed by atoms with Crippen molar-refractivity contribution in [2.24, 2.45) is 5.73 Å². The second-order valence-corrected chi connectivity index (χ2v) is 5.14. The summed E-state index contributed by atoms with van der Waals surface area (Å²) in [5.74, 6) is -0.0458. The highest BCUT2D eigenvalue weighted by molar-refractivity contribution is 5.75. The SMILES string of the molecule is CN(CCc1ccc(F)cc1)C(=O)CCCCCCN. The minimum atomic E-state index is -0.226. The highest BCUT2D eigenvalue weighted by Gasteiger charge is 2.08. The fourth-order valence-corrected chi connectivity index (χ4v) is 2.04. The van der Waals surface area contributed by atoms with Crippen LogP contribution >= 0.6 is 0 Å². The lowest BCUT2D eigenvalue weighted by molar-refractivity contribution is -0.130. The first-order valence-corrected chi connectivity index (χ1v) is 7.32. The van der Waals surface area contributed by atoms with Crippen LogP contribution in [0.25, 0.3) is 0 Å². The Bertz CT molecular complexity index is 392. The highest BCUT2D eigenvalue weighted by atomic mass is 19.1. The number of unbranched alkanes of at least 4 members (excludes halogenated alkanes) is 3. The van der Waals surface area contributed by atoms with Gasteiger partial charge in [0.1, 0.15) is 5.82 Å². The third-order valence-electron chi connectivity index (χ3n) is 3.42. The fraction of sp³-hybridized carbons (Fsp3) is 0.562. The zero-order valence-corrected chi connectivity index (χ0v) is 12.3. The molecule has 0 atom stereocenters. The Morgan fingerprint density at radius 3 is 2.45 bits per heavy atom. The lowest BCUT2D eigenvalue weighted by Crippen LogP contribution is -2.28. The molecule has 0 bridgehead atoms. The van der Waals surface area contributed by atoms with Gasteiger partial charge in [-0.1, -0.05) is 25.0 Å². The van der Waals surface area contributed by atoms with Crippen LogP contribution in [0.2, 0.25) is 0 Å². The summed E-state index contributed by atoms with van der Waals surface area (Å²) in [6.45, 7) is 1.40. The summed E-state index contributed by atoms with van der Waals surface area (Å²) in [4.78, 5) is 13.6. The van der Waals surface area contributed by atoms with Gasteiger partial charge in [0.15, 0.2) is 0 Å². The molecule has 0 aliphatic heterocycles. The molecule has 0 aromatic heterocycles. The van der Waals surface area contributed by atoms with E-state index in [-0.39, 0.29) is 11.7 Å². The van der Waals surface area contributed by atoms with E-state index in [2.05, 4.69) is 0 Å². The molecule has 1 aromatic carbocycles. The monoisotopic (exact) mass is 280 g/mol. The first-order chi connectivity index (χ1) is 9.63. The van der Waals surface area contributed by atoms with Crippen molar-refractivity contribution in [3.05, 3.63) is 35.6 Å². The van der Waals surface area contributed by atoms with E-state index in [4.69, 9.17) is 5.73 Å². The molecular weight excluding hydrogens is 255 g/mol. The van der Waals surface area contributed by atoms with Crippen LogP contribution in [0.3, 0.4) is 0 Å². The molecular formula is C16H25FN2O. The van der Waals surface area contributed by atoms with Gasteiger partial charge in [0, 0.05) is 20.0 Å². The number of rotatable bonds is 9. The normalized spacial score (nSPS) is 10.6. The van der Waals surface area contributed by atoms with Crippen LogP contribution in [-0.2, 0) is 11.2 Å². The molecule has 0 spiro atoms. The molecule has 4 heteroatoms. The predicted molar refractivity (Wildman–Crippen MR) is 79.9 cm³/mol. The molecule has 0 saturated heterocycles. The topological polar surface area (TPSA) is 46.3 Å². The number of carbonyl (C=O) groups excluding carboxylic acids is 1. The van der Waals surface area contributed by atoms with E-state index in [0.29, 0.717) is 13.0 Å². The first kappa shape index (κ1) is 16.6. The molecule has 2 N–H and O–H groups in total. The molecule has 0 saturated carbocycles. The van der Waals surface area contributed by atoms with Gasteiger partial charge in [0.25, 0.3) is 0 Å². The molecule has 20 heavy (non-hydrogen) atoms. The van der Waals surface area contributed by atoms with Crippen molar-refractivity contribution >= 4 is 5.91 Å². The second-order valence-electron chi connectivity index (χ2n) is 5.14. The Morgan fingerprint density at radius 2 is 1.80 bits per heavy atom. The van der Waals surface area contributed by atoms with Crippen molar-refractivity contribution in [1.29, 1.82) is 0 Å². The van der Waals surface area contributed by atoms with Gasteiger partial charge < -0.3 is 10.6 Å². The Morgan fingerprint density at radius 1 is 1.15 bits per heavy atom. The summed E-state index contributed by atoms with van der Waals surface area (Å²) in [6.07, 6.45) is 5.49. The molecule has 0 aliphatic rings. The smallest absolute Gasteiger partial charge is 0.222 e. The number of nitrogens with zero attached hydrogens (tertiary/aromatic N) is 1. The summed E-state index contributed by atoms with van der Waals surface area (Å²) in [6, 6.07) is 6.43. The summed E-state index contributed by atoms with van der Waals surface area (Å²) in [5, 5.41) is 0. The maximum Gasteiger partial charge on any atom is 0.222 e. The molecule has 1 rings (SSSR count). The summed E-state index contributed by atoms with van der Waals surface area (Å²) < 4.78 is 12.8. The van der Waals surface area contributed by atoms with Crippen molar-refractivity contribution in [3.8, 4) is 0 Å². The maximum absolute atomic E-state index is 12.8. The number of carbonyl (C=O) groups is 1. The van der Waals surface area contributed by atoms with Crippen LogP contribution < -0.4 is 5.73 Å². The van der Waals surface area contributed by atoms with Gasteiger partial charge in [-0.15, -0.1) is 0 Å². The largest absolute Gasteiger partial charge is 0.345 e. The maximum atomic E-state index is 12.8. The van der Waals surface area contributed by atoms with Gasteiger partial charge in [0.05, 0.1) is 0 Å². The Labute approximate surface area is 121 Å². The van der Waals surface area contributed by atoms with E-state index in [9.17, 15) is 9.18 Å². The number of hydrogen-bond donors (Lipinski definition) is 1. The Balaban J connectivity index is 2.19. The van der Waals surface area contributed by atoms with Crippen molar-refractivity contribution in [3.63, 3.8) is 0 Å². The van der Waals surface area contributed by atoms with Gasteiger partial charge in [-0.25, -0.2) is 4.39 Å². The van der Waals surface area contributed by atoms with Crippen molar-refractivity contribution < 1.29 is 9.18 Å². The number of benzene rings is 1. The van der Waals surface area contributed by atoms with Crippen molar-refractivity contribution in [1.82, 2.24) is 4.90 Å². The molecule has 0 fully saturated rings. The molecule has 0 unspecified atom stereocenters. The van der Waals surface area contributed by atoms with Gasteiger partial charge in [-0.3, -0.25) is 4.79 Å². The van der Waals surface area contributed by atoms with E-state index < -0.39 is 0 Å². The zero-order valence-electron chi connectivity index (χ0n) is 12.3. The molecule has 0 heterocycles. The van der Waals surface area contributed by atoms with Crippen LogP contribution in [0.1, 0.15) is 37.7 Å². The van der Waals surface area contributed by atoms with E-state index in [1.54, 1.807) is 17.0 Å². The van der Waals surface area contributed by atoms with Crippen LogP contribution in [0, 0.1) is 5.82 Å². The number of nitrogens with two attached hydrogens (primary N) is 1. The number of hydrogen-bond acceptors (Lipinski definition) is 2. The summed E-state index contributed by atoms with van der Waals surface area (Å²) in [7, 11) is 1.83. The molecule has 3 nitrogen and oxygen atoms in total. The van der Waals surface area contributed by atoms with Crippen LogP contribution in [0.5, 0.6) is 0 Å². The van der Waals surface area contributed by atoms with Gasteiger partial charge in [-0.05, 0) is 43.5 Å². The van der Waals surface area contributed by atoms with Gasteiger partial charge in [-0.2, -0.15) is 0 Å². The van der Waals surface area contributed by atoms with Crippen molar-refractivity contribution in [2.45, 2.75) is 38.5 Å². The average molecular weight is 280 g/mol. The molecule has 112 valence electrons. The summed E-state index contributed by atoms with van der Waals surface area (Å²) >= 11 is 0. The van der Waals surface area contributed by atoms with Crippen LogP contribution in [-0.4, -0.2) is 30.9 Å². The van der Waals surface area contributed by atoms with Gasteiger partial charge in [0.2, 0.25) is 5.91 Å². The highest BCUT2D eigenvalue weighted by Crippen LogP contribution is 2.07. The summed E-state index contributed by atoms with van der Waals surface area (Å²) in [5.41, 5.74) is 6.47. The number of likely N-dealkylation sites (N-methyl/N-ethyl adjacent to an activating group) is 1. The third kappa shape index (κ3) is 6.66. The average Bonchev–Trinajstić information content (AvgIpc) is 2.46. The fourth-order valence-electron chi connectivity index (χ4n) is 2.04. The minimum Gasteiger partial charge on any atom is -0.345 e. The Hall–Kier alpha value is -1.42. The molecule has 1 amide bonds. The van der Waals surface area contributed by atoms with Crippen LogP contribution in [0.15, 0.2) is 24.3 Å². The van der Waals surface area contributed by atoms with E-state index in [1.807, 2.05) is 7.05 Å². The first-order valence-electron chi connectivity index (χ1n) is 7.32. The second kappa shape index (κ2) is 9.48. The van der Waals surface area contributed by atoms with Gasteiger partial charge >= 0.3 is 0 Å². The zero-order chi connectivity index (χ0) is 14.8. The van der Waals surface area contributed by atoms with Crippen molar-refractivity contribution in [2.75, 3.05) is 20.1 Å². The lowest BCUT2D eigenvalue weighted by Gasteiger charge is -2.17. The van der Waals surface area contributed by atoms with E-state index in [0.717, 1.165) is 44.2 Å². The minimum absolute atomic E-state index is 0.180. The molecule has 0 radical (unpaired) electrons.